The largest absolute Gasteiger partial charge is 0.478 e. The van der Waals surface area contributed by atoms with Crippen molar-refractivity contribution in [3.05, 3.63) is 23.7 Å². The second kappa shape index (κ2) is 8.56. The number of rotatable bonds is 8. The van der Waals surface area contributed by atoms with Gasteiger partial charge in [0.2, 0.25) is 11.5 Å². The third-order valence-electron chi connectivity index (χ3n) is 1.67. The lowest BCUT2D eigenvalue weighted by molar-refractivity contribution is -0.156. The molecule has 0 aromatic rings. The first-order valence-corrected chi connectivity index (χ1v) is 5.30. The first-order valence-electron chi connectivity index (χ1n) is 5.30. The summed E-state index contributed by atoms with van der Waals surface area (Å²) in [6.45, 7) is 0. The van der Waals surface area contributed by atoms with Gasteiger partial charge in [-0.25, -0.2) is 19.2 Å². The van der Waals surface area contributed by atoms with Gasteiger partial charge in [-0.3, -0.25) is 9.59 Å². The minimum Gasteiger partial charge on any atom is -0.478 e. The van der Waals surface area contributed by atoms with Crippen molar-refractivity contribution in [2.24, 2.45) is 0 Å². The van der Waals surface area contributed by atoms with E-state index in [0.29, 0.717) is 0 Å². The highest BCUT2D eigenvalue weighted by Crippen LogP contribution is 2.05. The fourth-order valence-electron chi connectivity index (χ4n) is 0.929. The summed E-state index contributed by atoms with van der Waals surface area (Å²) in [4.78, 5) is 64.2. The number of hydrogen-bond acceptors (Lipinski definition) is 8. The Labute approximate surface area is 125 Å². The molecule has 0 heterocycles. The number of ether oxygens (including phenoxy) is 2. The molecule has 0 aliphatic rings. The molecule has 124 valence electrons. The second-order valence-electron chi connectivity index (χ2n) is 3.43. The molecule has 0 unspecified atom stereocenters. The van der Waals surface area contributed by atoms with E-state index in [9.17, 15) is 28.8 Å². The van der Waals surface area contributed by atoms with Crippen molar-refractivity contribution in [2.75, 3.05) is 0 Å². The lowest BCUT2D eigenvalue weighted by Crippen LogP contribution is -2.19. The van der Waals surface area contributed by atoms with Crippen molar-refractivity contribution in [2.45, 2.75) is 6.42 Å². The van der Waals surface area contributed by atoms with Crippen LogP contribution in [-0.2, 0) is 38.2 Å². The molecule has 0 saturated heterocycles. The molecule has 4 N–H and O–H groups in total. The van der Waals surface area contributed by atoms with Gasteiger partial charge in [0, 0.05) is 0 Å². The van der Waals surface area contributed by atoms with E-state index in [4.69, 9.17) is 20.4 Å². The third-order valence-corrected chi connectivity index (χ3v) is 1.67. The third kappa shape index (κ3) is 8.23. The summed E-state index contributed by atoms with van der Waals surface area (Å²) in [5, 5.41) is 33.8. The maximum absolute atomic E-state index is 11.2. The molecule has 0 aromatic heterocycles. The molecule has 0 aromatic carbocycles. The molecule has 0 saturated carbocycles. The molecule has 0 spiro atoms. The van der Waals surface area contributed by atoms with Crippen LogP contribution in [0.4, 0.5) is 0 Å². The van der Waals surface area contributed by atoms with Crippen LogP contribution in [0.2, 0.25) is 0 Å². The number of esters is 2. The van der Waals surface area contributed by atoms with Crippen molar-refractivity contribution >= 4 is 35.8 Å². The van der Waals surface area contributed by atoms with E-state index < -0.39 is 53.8 Å². The number of aliphatic carboxylic acids is 4. The monoisotopic (exact) mass is 332 g/mol. The Morgan fingerprint density at radius 3 is 1.17 bits per heavy atom. The Hall–Kier alpha value is -3.70. The van der Waals surface area contributed by atoms with Crippen LogP contribution in [0.1, 0.15) is 6.42 Å². The zero-order valence-corrected chi connectivity index (χ0v) is 10.9. The molecule has 0 radical (unpaired) electrons. The maximum atomic E-state index is 11.2. The fourth-order valence-corrected chi connectivity index (χ4v) is 0.929. The minimum absolute atomic E-state index is 0.0403. The van der Waals surface area contributed by atoms with Crippen LogP contribution in [0.25, 0.3) is 0 Å². The van der Waals surface area contributed by atoms with E-state index >= 15 is 0 Å². The van der Waals surface area contributed by atoms with Gasteiger partial charge >= 0.3 is 35.8 Å². The maximum Gasteiger partial charge on any atom is 0.372 e. The highest BCUT2D eigenvalue weighted by Gasteiger charge is 2.22. The topological polar surface area (TPSA) is 202 Å². The number of carbonyl (C=O) groups is 6. The molecule has 0 fully saturated rings. The Bertz CT molecular complexity index is 569. The molecule has 12 nitrogen and oxygen atoms in total. The fraction of sp³-hybridized carbons (Fsp3) is 0.0909. The smallest absolute Gasteiger partial charge is 0.372 e. The van der Waals surface area contributed by atoms with Crippen LogP contribution < -0.4 is 0 Å². The lowest BCUT2D eigenvalue weighted by Gasteiger charge is -2.05. The minimum atomic E-state index is -1.91. The van der Waals surface area contributed by atoms with E-state index in [-0.39, 0.29) is 12.2 Å². The average molecular weight is 332 g/mol. The van der Waals surface area contributed by atoms with Gasteiger partial charge in [-0.15, -0.1) is 0 Å². The first-order chi connectivity index (χ1) is 10.5. The molecular weight excluding hydrogens is 324 g/mol. The summed E-state index contributed by atoms with van der Waals surface area (Å²) in [7, 11) is 0. The molecule has 12 heteroatoms. The van der Waals surface area contributed by atoms with Gasteiger partial charge in [-0.1, -0.05) is 0 Å². The molecule has 23 heavy (non-hydrogen) atoms. The number of carboxylic acids is 4. The summed E-state index contributed by atoms with van der Waals surface area (Å²) in [6, 6.07) is 0. The van der Waals surface area contributed by atoms with Gasteiger partial charge in [-0.05, 0) is 0 Å². The van der Waals surface area contributed by atoms with Crippen LogP contribution in [0.5, 0.6) is 0 Å². The molecule has 0 bridgehead atoms. The number of hydrogen-bond donors (Lipinski definition) is 4. The highest BCUT2D eigenvalue weighted by atomic mass is 16.6. The second-order valence-corrected chi connectivity index (χ2v) is 3.43. The first kappa shape index (κ1) is 19.3. The average Bonchev–Trinajstić information content (AvgIpc) is 2.35. The molecule has 0 aliphatic carbocycles. The van der Waals surface area contributed by atoms with E-state index in [2.05, 4.69) is 9.47 Å². The molecule has 0 rings (SSSR count). The molecular formula is C11H8O12. The van der Waals surface area contributed by atoms with Gasteiger partial charge in [-0.2, -0.15) is 0 Å². The predicted octanol–water partition coefficient (Wildman–Crippen LogP) is -1.43. The van der Waals surface area contributed by atoms with E-state index in [1.165, 1.54) is 0 Å². The van der Waals surface area contributed by atoms with Gasteiger partial charge < -0.3 is 29.9 Å². The molecule has 0 atom stereocenters. The van der Waals surface area contributed by atoms with Crippen molar-refractivity contribution in [3.8, 4) is 0 Å². The molecule has 0 amide bonds. The highest BCUT2D eigenvalue weighted by molar-refractivity contribution is 6.00. The van der Waals surface area contributed by atoms with Gasteiger partial charge in [0.05, 0.1) is 12.2 Å². The van der Waals surface area contributed by atoms with Crippen LogP contribution in [0.15, 0.2) is 23.7 Å². The summed E-state index contributed by atoms with van der Waals surface area (Å²) >= 11 is 0. The Morgan fingerprint density at radius 2 is 0.957 bits per heavy atom. The molecule has 0 aliphatic heterocycles. The van der Waals surface area contributed by atoms with Crippen molar-refractivity contribution < 1.29 is 58.7 Å². The summed E-state index contributed by atoms with van der Waals surface area (Å²) in [5.41, 5.74) is 0. The van der Waals surface area contributed by atoms with Crippen molar-refractivity contribution in [1.29, 1.82) is 0 Å². The van der Waals surface area contributed by atoms with E-state index in [1.807, 2.05) is 0 Å². The summed E-state index contributed by atoms with van der Waals surface area (Å²) in [5.74, 6) is -13.0. The van der Waals surface area contributed by atoms with Crippen LogP contribution in [-0.4, -0.2) is 56.2 Å². The Morgan fingerprint density at radius 1 is 0.652 bits per heavy atom. The number of carbonyl (C=O) groups excluding carboxylic acids is 2. The lowest BCUT2D eigenvalue weighted by atomic mass is 10.4. The summed E-state index contributed by atoms with van der Waals surface area (Å²) < 4.78 is 8.15. The van der Waals surface area contributed by atoms with Crippen molar-refractivity contribution in [1.82, 2.24) is 0 Å². The predicted molar refractivity (Wildman–Crippen MR) is 63.5 cm³/mol. The van der Waals surface area contributed by atoms with Gasteiger partial charge in [0.15, 0.2) is 0 Å². The zero-order valence-electron chi connectivity index (χ0n) is 10.9. The number of carboxylic acid groups (broad SMARTS) is 4. The van der Waals surface area contributed by atoms with Gasteiger partial charge in [0.25, 0.3) is 0 Å². The Kier molecular flexibility index (Phi) is 7.18. The SMILES string of the molecule is O=C(O)/C=C(/OC(=O)CC(=O)O/C(=C/C(=O)O)C(=O)O)C(=O)O. The Balaban J connectivity index is 4.87. The van der Waals surface area contributed by atoms with Crippen LogP contribution >= 0.6 is 0 Å². The van der Waals surface area contributed by atoms with Crippen LogP contribution in [0, 0.1) is 0 Å². The van der Waals surface area contributed by atoms with Crippen LogP contribution in [0.3, 0.4) is 0 Å². The zero-order chi connectivity index (χ0) is 18.2. The normalized spacial score (nSPS) is 11.3. The van der Waals surface area contributed by atoms with Crippen molar-refractivity contribution in [3.63, 3.8) is 0 Å². The van der Waals surface area contributed by atoms with E-state index in [0.717, 1.165) is 0 Å². The van der Waals surface area contributed by atoms with E-state index in [1.54, 1.807) is 0 Å². The van der Waals surface area contributed by atoms with Gasteiger partial charge in [0.1, 0.15) is 6.42 Å². The quantitative estimate of drug-likeness (QED) is 0.175. The standard InChI is InChI=1S/C11H8O12/c12-6(13)1-4(10(18)19)22-8(16)3-9(17)23-5(11(20)21)2-7(14)15/h1-2H,3H2,(H,12,13)(H,14,15)(H,18,19)(H,20,21)/b4-1+,5-2+. The summed E-state index contributed by atoms with van der Waals surface area (Å²) in [6.07, 6.45) is -1.22.